The topological polar surface area (TPSA) is 104 Å². The second kappa shape index (κ2) is 10.4. The van der Waals surface area contributed by atoms with Crippen LogP contribution in [-0.2, 0) is 11.3 Å². The van der Waals surface area contributed by atoms with Gasteiger partial charge in [-0.1, -0.05) is 12.0 Å². The fraction of sp³-hybridized carbons (Fsp3) is 0.261. The average Bonchev–Trinajstić information content (AvgIpc) is 3.15. The molecule has 0 aliphatic heterocycles. The van der Waals surface area contributed by atoms with Gasteiger partial charge in [0.15, 0.2) is 0 Å². The van der Waals surface area contributed by atoms with Gasteiger partial charge in [0.25, 0.3) is 0 Å². The Balaban J connectivity index is 1.71. The lowest BCUT2D eigenvalue weighted by atomic mass is 10.2. The van der Waals surface area contributed by atoms with E-state index in [0.29, 0.717) is 23.4 Å². The number of carbonyl (C=O) groups is 1. The van der Waals surface area contributed by atoms with Crippen LogP contribution in [0.25, 0.3) is 5.82 Å². The second-order valence-corrected chi connectivity index (χ2v) is 7.93. The second-order valence-electron chi connectivity index (χ2n) is 7.93. The van der Waals surface area contributed by atoms with Crippen LogP contribution in [0.2, 0.25) is 0 Å². The Morgan fingerprint density at radius 2 is 2.03 bits per heavy atom. The van der Waals surface area contributed by atoms with Gasteiger partial charge in [-0.25, -0.2) is 33.2 Å². The van der Waals surface area contributed by atoms with Crippen LogP contribution in [0.3, 0.4) is 0 Å². The standard InChI is InChI=1S/C23H23FN6O3/c1-23(2,3)33-21(31)27-14-18(13-24)15-30-22(32)29(16-28-30)20-12-17(9-11-26-20)7-8-19-6-4-5-10-25-19/h4-6,9-13,16H,14-15H2,1-3H3,(H,27,31)/b18-13+. The smallest absolute Gasteiger partial charge is 0.407 e. The zero-order valence-electron chi connectivity index (χ0n) is 18.4. The van der Waals surface area contributed by atoms with Crippen molar-refractivity contribution >= 4 is 6.09 Å². The first-order valence-corrected chi connectivity index (χ1v) is 10.0. The highest BCUT2D eigenvalue weighted by Crippen LogP contribution is 2.08. The number of pyridine rings is 2. The van der Waals surface area contributed by atoms with Crippen molar-refractivity contribution in [2.24, 2.45) is 0 Å². The predicted octanol–water partition coefficient (Wildman–Crippen LogP) is 2.60. The summed E-state index contributed by atoms with van der Waals surface area (Å²) in [7, 11) is 0. The molecule has 1 N–H and O–H groups in total. The molecular weight excluding hydrogens is 427 g/mol. The number of hydrogen-bond acceptors (Lipinski definition) is 6. The van der Waals surface area contributed by atoms with Crippen LogP contribution in [-0.4, -0.2) is 42.6 Å². The van der Waals surface area contributed by atoms with Gasteiger partial charge < -0.3 is 10.1 Å². The molecule has 3 aromatic rings. The SMILES string of the molecule is CC(C)(C)OC(=O)NC/C(=C\F)Cn1ncn(-c2cc(C#Cc3ccccn3)ccn2)c1=O. The third-order valence-corrected chi connectivity index (χ3v) is 4.09. The Kier molecular flexibility index (Phi) is 7.35. The van der Waals surface area contributed by atoms with E-state index in [1.807, 2.05) is 6.07 Å². The van der Waals surface area contributed by atoms with Gasteiger partial charge >= 0.3 is 11.8 Å². The van der Waals surface area contributed by atoms with Gasteiger partial charge in [0, 0.05) is 24.5 Å². The van der Waals surface area contributed by atoms with Gasteiger partial charge in [-0.05, 0) is 56.5 Å². The van der Waals surface area contributed by atoms with E-state index in [1.165, 1.54) is 17.1 Å². The normalized spacial score (nSPS) is 11.5. The van der Waals surface area contributed by atoms with Crippen LogP contribution in [0.4, 0.5) is 9.18 Å². The number of carbonyl (C=O) groups excluding carboxylic acids is 1. The summed E-state index contributed by atoms with van der Waals surface area (Å²) >= 11 is 0. The van der Waals surface area contributed by atoms with E-state index >= 15 is 0 Å². The molecule has 33 heavy (non-hydrogen) atoms. The zero-order chi connectivity index (χ0) is 23.8. The first kappa shape index (κ1) is 23.4. The molecule has 0 spiro atoms. The summed E-state index contributed by atoms with van der Waals surface area (Å²) in [6, 6.07) is 8.78. The molecule has 0 bridgehead atoms. The van der Waals surface area contributed by atoms with Crippen LogP contribution in [0, 0.1) is 11.8 Å². The molecule has 0 aliphatic rings. The molecule has 0 saturated heterocycles. The molecule has 0 aliphatic carbocycles. The number of halogens is 1. The van der Waals surface area contributed by atoms with Crippen molar-refractivity contribution in [3.05, 3.63) is 82.7 Å². The summed E-state index contributed by atoms with van der Waals surface area (Å²) in [5.74, 6) is 6.23. The lowest BCUT2D eigenvalue weighted by Gasteiger charge is -2.19. The molecule has 0 saturated carbocycles. The number of nitrogens with one attached hydrogen (secondary N) is 1. The Hall–Kier alpha value is -4.26. The third kappa shape index (κ3) is 6.87. The van der Waals surface area contributed by atoms with E-state index in [9.17, 15) is 14.0 Å². The van der Waals surface area contributed by atoms with Crippen molar-refractivity contribution in [2.75, 3.05) is 6.54 Å². The van der Waals surface area contributed by atoms with E-state index in [2.05, 4.69) is 32.2 Å². The predicted molar refractivity (Wildman–Crippen MR) is 119 cm³/mol. The molecule has 1 amide bonds. The molecule has 3 rings (SSSR count). The van der Waals surface area contributed by atoms with E-state index in [0.717, 1.165) is 4.68 Å². The Labute approximate surface area is 189 Å². The Bertz CT molecular complexity index is 1260. The van der Waals surface area contributed by atoms with Crippen molar-refractivity contribution in [3.8, 4) is 17.7 Å². The summed E-state index contributed by atoms with van der Waals surface area (Å²) in [6.07, 6.45) is 4.11. The monoisotopic (exact) mass is 450 g/mol. The maximum absolute atomic E-state index is 13.3. The van der Waals surface area contributed by atoms with Crippen molar-refractivity contribution in [3.63, 3.8) is 0 Å². The van der Waals surface area contributed by atoms with Crippen molar-refractivity contribution in [1.29, 1.82) is 0 Å². The van der Waals surface area contributed by atoms with Gasteiger partial charge in [-0.15, -0.1) is 0 Å². The zero-order valence-corrected chi connectivity index (χ0v) is 18.4. The molecule has 9 nitrogen and oxygen atoms in total. The highest BCUT2D eigenvalue weighted by Gasteiger charge is 2.17. The summed E-state index contributed by atoms with van der Waals surface area (Å²) in [5, 5.41) is 6.47. The molecular formula is C23H23FN6O3. The van der Waals surface area contributed by atoms with E-state index in [-0.39, 0.29) is 18.7 Å². The largest absolute Gasteiger partial charge is 0.444 e. The summed E-state index contributed by atoms with van der Waals surface area (Å²) in [6.45, 7) is 4.87. The minimum Gasteiger partial charge on any atom is -0.444 e. The van der Waals surface area contributed by atoms with Crippen molar-refractivity contribution in [1.82, 2.24) is 29.6 Å². The van der Waals surface area contributed by atoms with Crippen LogP contribution < -0.4 is 11.0 Å². The van der Waals surface area contributed by atoms with Gasteiger partial charge in [-0.3, -0.25) is 0 Å². The summed E-state index contributed by atoms with van der Waals surface area (Å²) in [4.78, 5) is 32.9. The first-order valence-electron chi connectivity index (χ1n) is 10.0. The number of nitrogens with zero attached hydrogens (tertiary/aromatic N) is 5. The molecule has 0 unspecified atom stereocenters. The lowest BCUT2D eigenvalue weighted by Crippen LogP contribution is -2.34. The van der Waals surface area contributed by atoms with Gasteiger partial charge in [-0.2, -0.15) is 5.10 Å². The highest BCUT2D eigenvalue weighted by molar-refractivity contribution is 5.68. The number of aromatic nitrogens is 5. The molecule has 0 atom stereocenters. The van der Waals surface area contributed by atoms with Crippen LogP contribution in [0.1, 0.15) is 32.0 Å². The van der Waals surface area contributed by atoms with E-state index in [1.54, 1.807) is 51.2 Å². The average molecular weight is 450 g/mol. The first-order chi connectivity index (χ1) is 15.7. The summed E-state index contributed by atoms with van der Waals surface area (Å²) in [5.41, 5.74) is 0.191. The molecule has 0 fully saturated rings. The fourth-order valence-corrected chi connectivity index (χ4v) is 2.62. The maximum Gasteiger partial charge on any atom is 0.407 e. The number of rotatable bonds is 5. The minimum atomic E-state index is -0.687. The van der Waals surface area contributed by atoms with Crippen molar-refractivity contribution in [2.45, 2.75) is 32.9 Å². The number of ether oxygens (including phenoxy) is 1. The van der Waals surface area contributed by atoms with Crippen LogP contribution >= 0.6 is 0 Å². The molecule has 10 heteroatoms. The molecule has 3 aromatic heterocycles. The maximum atomic E-state index is 13.3. The van der Waals surface area contributed by atoms with Gasteiger partial charge in [0.2, 0.25) is 0 Å². The number of hydrogen-bond donors (Lipinski definition) is 1. The third-order valence-electron chi connectivity index (χ3n) is 4.09. The van der Waals surface area contributed by atoms with E-state index < -0.39 is 17.4 Å². The molecule has 0 aromatic carbocycles. The van der Waals surface area contributed by atoms with Gasteiger partial charge in [0.05, 0.1) is 12.9 Å². The number of amides is 1. The number of alkyl carbamates (subject to hydrolysis) is 1. The van der Waals surface area contributed by atoms with Crippen LogP contribution in [0.5, 0.6) is 0 Å². The molecule has 3 heterocycles. The summed E-state index contributed by atoms with van der Waals surface area (Å²) < 4.78 is 20.7. The van der Waals surface area contributed by atoms with Crippen molar-refractivity contribution < 1.29 is 13.9 Å². The van der Waals surface area contributed by atoms with E-state index in [4.69, 9.17) is 4.74 Å². The van der Waals surface area contributed by atoms with Gasteiger partial charge in [0.1, 0.15) is 23.4 Å². The fourth-order valence-electron chi connectivity index (χ4n) is 2.62. The minimum absolute atomic E-state index is 0.135. The quantitative estimate of drug-likeness (QED) is 0.600. The lowest BCUT2D eigenvalue weighted by molar-refractivity contribution is 0.0532. The molecule has 170 valence electrons. The van der Waals surface area contributed by atoms with Crippen LogP contribution in [0.15, 0.2) is 65.8 Å². The highest BCUT2D eigenvalue weighted by atomic mass is 19.1. The molecule has 0 radical (unpaired) electrons. The Morgan fingerprint density at radius 1 is 1.21 bits per heavy atom. The Morgan fingerprint density at radius 3 is 2.73 bits per heavy atom.